The summed E-state index contributed by atoms with van der Waals surface area (Å²) in [5.74, 6) is 1.53. The average molecular weight is 310 g/mol. The second kappa shape index (κ2) is 6.83. The number of nitrogens with one attached hydrogen (secondary N) is 2. The summed E-state index contributed by atoms with van der Waals surface area (Å²) in [5, 5.41) is 6.41. The first kappa shape index (κ1) is 14.9. The molecule has 3 rings (SSSR count). The monoisotopic (exact) mass is 310 g/mol. The molecular weight excluding hydrogens is 288 g/mol. The Morgan fingerprint density at radius 3 is 2.30 bits per heavy atom. The van der Waals surface area contributed by atoms with Crippen molar-refractivity contribution < 1.29 is 2.85 Å². The summed E-state index contributed by atoms with van der Waals surface area (Å²) >= 11 is 0. The molecule has 1 aromatic carbocycles. The lowest BCUT2D eigenvalue weighted by Gasteiger charge is -2.11. The number of nitrogens with zero attached hydrogens (tertiary/aromatic N) is 4. The molecule has 0 spiro atoms. The van der Waals surface area contributed by atoms with E-state index in [0.717, 1.165) is 5.69 Å². The largest absolute Gasteiger partial charge is 0.352 e. The predicted octanol–water partition coefficient (Wildman–Crippen LogP) is 3.99. The van der Waals surface area contributed by atoms with Crippen LogP contribution in [0.25, 0.3) is 11.5 Å². The fourth-order valence-electron chi connectivity index (χ4n) is 2.01. The Balaban J connectivity index is 0.00000156. The summed E-state index contributed by atoms with van der Waals surface area (Å²) < 4.78 is 0. The van der Waals surface area contributed by atoms with Gasteiger partial charge >= 0.3 is 0 Å². The fourth-order valence-corrected chi connectivity index (χ4v) is 2.01. The lowest BCUT2D eigenvalue weighted by Crippen LogP contribution is -2.14. The highest BCUT2D eigenvalue weighted by molar-refractivity contribution is 5.58. The predicted molar refractivity (Wildman–Crippen MR) is 95.8 cm³/mol. The van der Waals surface area contributed by atoms with E-state index in [4.69, 9.17) is 0 Å². The van der Waals surface area contributed by atoms with Crippen LogP contribution in [0.1, 0.15) is 16.7 Å². The molecule has 2 heterocycles. The van der Waals surface area contributed by atoms with Crippen LogP contribution in [0, 0.1) is 0 Å². The van der Waals surface area contributed by atoms with Crippen molar-refractivity contribution in [3.8, 4) is 11.5 Å². The minimum absolute atomic E-state index is 0. The van der Waals surface area contributed by atoms with Crippen molar-refractivity contribution >= 4 is 17.6 Å². The third-order valence-electron chi connectivity index (χ3n) is 2.98. The van der Waals surface area contributed by atoms with E-state index in [1.54, 1.807) is 6.20 Å². The van der Waals surface area contributed by atoms with Gasteiger partial charge < -0.3 is 10.6 Å². The molecule has 0 saturated heterocycles. The van der Waals surface area contributed by atoms with Crippen LogP contribution in [-0.4, -0.2) is 26.0 Å². The summed E-state index contributed by atoms with van der Waals surface area (Å²) in [5.41, 5.74) is 1.62. The first-order valence-electron chi connectivity index (χ1n) is 7.47. The van der Waals surface area contributed by atoms with Crippen LogP contribution >= 0.6 is 0 Å². The molecule has 6 nitrogen and oxygen atoms in total. The molecule has 0 aliphatic heterocycles. The number of benzene rings is 1. The van der Waals surface area contributed by atoms with Crippen LogP contribution in [0.4, 0.5) is 17.6 Å². The molecule has 6 heteroatoms. The highest BCUT2D eigenvalue weighted by Crippen LogP contribution is 2.18. The Kier molecular flexibility index (Phi) is 4.42. The Morgan fingerprint density at radius 2 is 1.61 bits per heavy atom. The molecule has 0 fully saturated rings. The number of rotatable bonds is 5. The number of aromatic nitrogens is 4. The molecule has 0 aliphatic rings. The minimum Gasteiger partial charge on any atom is -0.352 e. The van der Waals surface area contributed by atoms with Crippen molar-refractivity contribution in [2.75, 3.05) is 10.6 Å². The molecule has 2 aromatic heterocycles. The normalized spacial score (nSPS) is 10.6. The van der Waals surface area contributed by atoms with Gasteiger partial charge in [-0.15, -0.1) is 0 Å². The number of anilines is 3. The molecule has 0 saturated carbocycles. The van der Waals surface area contributed by atoms with Gasteiger partial charge in [0, 0.05) is 20.8 Å². The van der Waals surface area contributed by atoms with Crippen molar-refractivity contribution in [2.45, 2.75) is 19.9 Å². The Labute approximate surface area is 138 Å². The van der Waals surface area contributed by atoms with Crippen molar-refractivity contribution in [2.24, 2.45) is 0 Å². The van der Waals surface area contributed by atoms with Gasteiger partial charge in [-0.05, 0) is 38.1 Å². The van der Waals surface area contributed by atoms with E-state index in [9.17, 15) is 0 Å². The standard InChI is InChI=1S/C17H18N6.2H2/c1-12(2)19-16-21-15(14-10-6-7-11-18-14)22-17(23-16)20-13-8-4-3-5-9-13;;/h3-12H,1-2H3,(H2,19,20,21,22,23);2*1H. The van der Waals surface area contributed by atoms with E-state index >= 15 is 0 Å². The summed E-state index contributed by atoms with van der Waals surface area (Å²) in [4.78, 5) is 17.7. The van der Waals surface area contributed by atoms with Gasteiger partial charge in [0.2, 0.25) is 11.9 Å². The molecule has 2 N–H and O–H groups in total. The Bertz CT molecular complexity index is 769. The summed E-state index contributed by atoms with van der Waals surface area (Å²) in [6.45, 7) is 4.07. The van der Waals surface area contributed by atoms with E-state index < -0.39 is 0 Å². The van der Waals surface area contributed by atoms with Crippen LogP contribution in [-0.2, 0) is 0 Å². The molecule has 0 bridgehead atoms. The van der Waals surface area contributed by atoms with Gasteiger partial charge in [-0.25, -0.2) is 0 Å². The molecular formula is C17H22N6. The highest BCUT2D eigenvalue weighted by atomic mass is 15.2. The molecule has 0 amide bonds. The molecule has 0 unspecified atom stereocenters. The van der Waals surface area contributed by atoms with Crippen LogP contribution in [0.5, 0.6) is 0 Å². The quantitative estimate of drug-likeness (QED) is 0.742. The average Bonchev–Trinajstić information content (AvgIpc) is 2.56. The third-order valence-corrected chi connectivity index (χ3v) is 2.98. The summed E-state index contributed by atoms with van der Waals surface area (Å²) in [7, 11) is 0. The van der Waals surface area contributed by atoms with Gasteiger partial charge in [0.25, 0.3) is 0 Å². The number of hydrogen-bond acceptors (Lipinski definition) is 6. The van der Waals surface area contributed by atoms with Crippen LogP contribution < -0.4 is 10.6 Å². The maximum atomic E-state index is 4.47. The second-order valence-electron chi connectivity index (χ2n) is 5.31. The molecule has 0 aliphatic carbocycles. The third kappa shape index (κ3) is 4.00. The number of para-hydroxylation sites is 1. The SMILES string of the molecule is CC(C)Nc1nc(Nc2ccccc2)nc(-c2ccccn2)n1.[HH].[HH]. The molecule has 3 aromatic rings. The van der Waals surface area contributed by atoms with Crippen molar-refractivity contribution in [3.05, 3.63) is 54.7 Å². The smallest absolute Gasteiger partial charge is 0.232 e. The lowest BCUT2D eigenvalue weighted by molar-refractivity contribution is 0.869. The minimum atomic E-state index is 0. The van der Waals surface area contributed by atoms with E-state index in [1.807, 2.05) is 62.4 Å². The summed E-state index contributed by atoms with van der Waals surface area (Å²) in [6, 6.07) is 15.7. The van der Waals surface area contributed by atoms with E-state index in [-0.39, 0.29) is 8.90 Å². The Hall–Kier alpha value is -3.02. The van der Waals surface area contributed by atoms with E-state index in [1.165, 1.54) is 0 Å². The van der Waals surface area contributed by atoms with Crippen LogP contribution in [0.2, 0.25) is 0 Å². The first-order valence-corrected chi connectivity index (χ1v) is 7.47. The zero-order valence-electron chi connectivity index (χ0n) is 13.1. The molecule has 23 heavy (non-hydrogen) atoms. The van der Waals surface area contributed by atoms with Gasteiger partial charge in [-0.3, -0.25) is 4.98 Å². The van der Waals surface area contributed by atoms with Gasteiger partial charge in [0.1, 0.15) is 5.69 Å². The fraction of sp³-hybridized carbons (Fsp3) is 0.176. The summed E-state index contributed by atoms with van der Waals surface area (Å²) in [6.07, 6.45) is 1.72. The Morgan fingerprint density at radius 1 is 0.870 bits per heavy atom. The van der Waals surface area contributed by atoms with Crippen LogP contribution in [0.3, 0.4) is 0 Å². The van der Waals surface area contributed by atoms with Gasteiger partial charge in [-0.1, -0.05) is 24.3 Å². The van der Waals surface area contributed by atoms with Crippen molar-refractivity contribution in [1.29, 1.82) is 0 Å². The van der Waals surface area contributed by atoms with Crippen molar-refractivity contribution in [1.82, 2.24) is 19.9 Å². The second-order valence-corrected chi connectivity index (χ2v) is 5.31. The number of hydrogen-bond donors (Lipinski definition) is 2. The van der Waals surface area contributed by atoms with Gasteiger partial charge in [0.15, 0.2) is 5.82 Å². The first-order chi connectivity index (χ1) is 11.2. The zero-order chi connectivity index (χ0) is 16.1. The highest BCUT2D eigenvalue weighted by Gasteiger charge is 2.10. The number of pyridine rings is 1. The van der Waals surface area contributed by atoms with E-state index in [2.05, 4.69) is 30.6 Å². The molecule has 0 atom stereocenters. The van der Waals surface area contributed by atoms with Gasteiger partial charge in [0.05, 0.1) is 0 Å². The van der Waals surface area contributed by atoms with E-state index in [0.29, 0.717) is 23.4 Å². The topological polar surface area (TPSA) is 75.6 Å². The maximum Gasteiger partial charge on any atom is 0.232 e. The maximum absolute atomic E-state index is 4.47. The van der Waals surface area contributed by atoms with Crippen molar-refractivity contribution in [3.63, 3.8) is 0 Å². The zero-order valence-corrected chi connectivity index (χ0v) is 13.1. The lowest BCUT2D eigenvalue weighted by atomic mass is 10.3. The van der Waals surface area contributed by atoms with Crippen LogP contribution in [0.15, 0.2) is 54.7 Å². The molecule has 0 radical (unpaired) electrons. The molecule has 120 valence electrons. The van der Waals surface area contributed by atoms with Gasteiger partial charge in [-0.2, -0.15) is 15.0 Å².